The van der Waals surface area contributed by atoms with Crippen molar-refractivity contribution in [3.8, 4) is 0 Å². The number of halogens is 1. The number of aryl methyl sites for hydroxylation is 2. The van der Waals surface area contributed by atoms with E-state index in [0.717, 1.165) is 73.2 Å². The van der Waals surface area contributed by atoms with Gasteiger partial charge in [-0.1, -0.05) is 0 Å². The minimum absolute atomic E-state index is 0.0764. The first-order valence-corrected chi connectivity index (χ1v) is 9.57. The highest BCUT2D eigenvalue weighted by atomic mass is 79.9. The number of furan rings is 1. The van der Waals surface area contributed by atoms with Crippen LogP contribution in [0.25, 0.3) is 0 Å². The molecule has 0 spiro atoms. The first-order chi connectivity index (χ1) is 11.7. The molecule has 1 saturated carbocycles. The summed E-state index contributed by atoms with van der Waals surface area (Å²) in [5.74, 6) is 0.945. The van der Waals surface area contributed by atoms with Gasteiger partial charge in [-0.2, -0.15) is 5.10 Å². The molecule has 2 aliphatic rings. The first kappa shape index (κ1) is 16.1. The van der Waals surface area contributed by atoms with E-state index in [2.05, 4.69) is 26.3 Å². The van der Waals surface area contributed by atoms with E-state index in [1.807, 2.05) is 18.2 Å². The van der Waals surface area contributed by atoms with Crippen molar-refractivity contribution < 1.29 is 4.42 Å². The van der Waals surface area contributed by atoms with Crippen molar-refractivity contribution in [1.82, 2.24) is 15.1 Å². The standard InChI is InChI=1S/C18H22BrN3O2/c19-17-9-8-15(24-17)11-20-13-4-6-14(7-5-13)22-18(23)10-12-2-1-3-16(12)21-22/h8-10,13-14,20H,1-7,11H2. The minimum Gasteiger partial charge on any atom is -0.453 e. The van der Waals surface area contributed by atoms with Crippen molar-refractivity contribution in [3.05, 3.63) is 50.2 Å². The first-order valence-electron chi connectivity index (χ1n) is 8.78. The predicted molar refractivity (Wildman–Crippen MR) is 95.1 cm³/mol. The summed E-state index contributed by atoms with van der Waals surface area (Å²) >= 11 is 3.33. The molecule has 2 aromatic rings. The van der Waals surface area contributed by atoms with E-state index >= 15 is 0 Å². The van der Waals surface area contributed by atoms with Crippen LogP contribution >= 0.6 is 15.9 Å². The molecule has 5 nitrogen and oxygen atoms in total. The summed E-state index contributed by atoms with van der Waals surface area (Å²) in [5, 5.41) is 8.22. The van der Waals surface area contributed by atoms with Gasteiger partial charge in [0.25, 0.3) is 5.56 Å². The fourth-order valence-electron chi connectivity index (χ4n) is 3.89. The summed E-state index contributed by atoms with van der Waals surface area (Å²) in [6.07, 6.45) is 7.31. The SMILES string of the molecule is O=c1cc2c(nn1C1CCC(NCc3ccc(Br)o3)CC1)CCC2. The highest BCUT2D eigenvalue weighted by Gasteiger charge is 2.25. The van der Waals surface area contributed by atoms with Gasteiger partial charge in [0.05, 0.1) is 18.3 Å². The van der Waals surface area contributed by atoms with Gasteiger partial charge in [0.2, 0.25) is 0 Å². The fraction of sp³-hybridized carbons (Fsp3) is 0.556. The topological polar surface area (TPSA) is 60.1 Å². The van der Waals surface area contributed by atoms with Crippen molar-refractivity contribution in [3.63, 3.8) is 0 Å². The van der Waals surface area contributed by atoms with Crippen LogP contribution in [0.1, 0.15) is 55.2 Å². The Bertz CT molecular complexity index is 775. The lowest BCUT2D eigenvalue weighted by atomic mass is 9.91. The monoisotopic (exact) mass is 391 g/mol. The van der Waals surface area contributed by atoms with Gasteiger partial charge in [-0.3, -0.25) is 4.79 Å². The van der Waals surface area contributed by atoms with Crippen molar-refractivity contribution in [2.75, 3.05) is 0 Å². The van der Waals surface area contributed by atoms with Gasteiger partial charge in [-0.15, -0.1) is 0 Å². The van der Waals surface area contributed by atoms with Crippen LogP contribution in [0.3, 0.4) is 0 Å². The fourth-order valence-corrected chi connectivity index (χ4v) is 4.23. The molecule has 0 radical (unpaired) electrons. The van der Waals surface area contributed by atoms with Crippen molar-refractivity contribution >= 4 is 15.9 Å². The van der Waals surface area contributed by atoms with Gasteiger partial charge in [0, 0.05) is 12.1 Å². The number of nitrogens with one attached hydrogen (secondary N) is 1. The molecular formula is C18H22BrN3O2. The normalized spacial score (nSPS) is 23.4. The Morgan fingerprint density at radius 1 is 1.25 bits per heavy atom. The van der Waals surface area contributed by atoms with Crippen LogP contribution in [-0.2, 0) is 19.4 Å². The molecule has 128 valence electrons. The smallest absolute Gasteiger partial charge is 0.267 e. The maximum absolute atomic E-state index is 12.3. The molecule has 6 heteroatoms. The summed E-state index contributed by atoms with van der Waals surface area (Å²) in [7, 11) is 0. The maximum atomic E-state index is 12.3. The zero-order valence-corrected chi connectivity index (χ0v) is 15.2. The number of nitrogens with zero attached hydrogens (tertiary/aromatic N) is 2. The molecule has 4 rings (SSSR count). The van der Waals surface area contributed by atoms with E-state index in [4.69, 9.17) is 4.42 Å². The molecule has 0 unspecified atom stereocenters. The average Bonchev–Trinajstić information content (AvgIpc) is 3.21. The lowest BCUT2D eigenvalue weighted by molar-refractivity contribution is 0.263. The lowest BCUT2D eigenvalue weighted by Crippen LogP contribution is -2.36. The zero-order chi connectivity index (χ0) is 16.5. The van der Waals surface area contributed by atoms with Crippen molar-refractivity contribution in [2.24, 2.45) is 0 Å². The van der Waals surface area contributed by atoms with Gasteiger partial charge in [0.15, 0.2) is 4.67 Å². The third kappa shape index (κ3) is 3.35. The van der Waals surface area contributed by atoms with Crippen LogP contribution in [0.15, 0.2) is 32.1 Å². The van der Waals surface area contributed by atoms with Gasteiger partial charge in [-0.05, 0) is 78.6 Å². The Morgan fingerprint density at radius 3 is 2.83 bits per heavy atom. The second-order valence-corrected chi connectivity index (χ2v) is 7.63. The average molecular weight is 392 g/mol. The minimum atomic E-state index is 0.0764. The van der Waals surface area contributed by atoms with Crippen LogP contribution in [0.2, 0.25) is 0 Å². The Kier molecular flexibility index (Phi) is 4.59. The van der Waals surface area contributed by atoms with Crippen molar-refractivity contribution in [2.45, 2.75) is 63.6 Å². The molecule has 0 saturated heterocycles. The van der Waals surface area contributed by atoms with Gasteiger partial charge in [-0.25, -0.2) is 4.68 Å². The van der Waals surface area contributed by atoms with E-state index in [1.165, 1.54) is 0 Å². The summed E-state index contributed by atoms with van der Waals surface area (Å²) in [5.41, 5.74) is 2.38. The molecule has 0 aliphatic heterocycles. The quantitative estimate of drug-likeness (QED) is 0.867. The summed E-state index contributed by atoms with van der Waals surface area (Å²) in [6, 6.07) is 6.44. The van der Waals surface area contributed by atoms with E-state index in [9.17, 15) is 4.79 Å². The molecule has 0 amide bonds. The van der Waals surface area contributed by atoms with Crippen LogP contribution in [-0.4, -0.2) is 15.8 Å². The van der Waals surface area contributed by atoms with E-state index in [-0.39, 0.29) is 11.6 Å². The third-order valence-corrected chi connectivity index (χ3v) is 5.64. The third-order valence-electron chi connectivity index (χ3n) is 5.22. The summed E-state index contributed by atoms with van der Waals surface area (Å²) in [4.78, 5) is 12.3. The molecule has 2 aromatic heterocycles. The van der Waals surface area contributed by atoms with Crippen LogP contribution in [0.5, 0.6) is 0 Å². The molecule has 0 atom stereocenters. The van der Waals surface area contributed by atoms with Crippen LogP contribution < -0.4 is 10.9 Å². The number of hydrogen-bond donors (Lipinski definition) is 1. The Morgan fingerprint density at radius 2 is 2.08 bits per heavy atom. The molecule has 1 N–H and O–H groups in total. The Labute approximate surface area is 149 Å². The van der Waals surface area contributed by atoms with E-state index < -0.39 is 0 Å². The number of aromatic nitrogens is 2. The maximum Gasteiger partial charge on any atom is 0.267 e. The van der Waals surface area contributed by atoms with Crippen LogP contribution in [0.4, 0.5) is 0 Å². The second-order valence-electron chi connectivity index (χ2n) is 6.84. The Hall–Kier alpha value is -1.40. The van der Waals surface area contributed by atoms with E-state index in [1.54, 1.807) is 4.68 Å². The largest absolute Gasteiger partial charge is 0.453 e. The lowest BCUT2D eigenvalue weighted by Gasteiger charge is -2.29. The molecule has 0 aromatic carbocycles. The van der Waals surface area contributed by atoms with Gasteiger partial charge >= 0.3 is 0 Å². The highest BCUT2D eigenvalue weighted by Crippen LogP contribution is 2.28. The molecule has 2 aliphatic carbocycles. The number of hydrogen-bond acceptors (Lipinski definition) is 4. The number of rotatable bonds is 4. The second kappa shape index (κ2) is 6.84. The molecule has 0 bridgehead atoms. The molecule has 24 heavy (non-hydrogen) atoms. The van der Waals surface area contributed by atoms with E-state index in [0.29, 0.717) is 6.04 Å². The predicted octanol–water partition coefficient (Wildman–Crippen LogP) is 3.36. The summed E-state index contributed by atoms with van der Waals surface area (Å²) < 4.78 is 8.04. The summed E-state index contributed by atoms with van der Waals surface area (Å²) in [6.45, 7) is 0.748. The van der Waals surface area contributed by atoms with Gasteiger partial charge < -0.3 is 9.73 Å². The highest BCUT2D eigenvalue weighted by molar-refractivity contribution is 9.10. The molecule has 2 heterocycles. The zero-order valence-electron chi connectivity index (χ0n) is 13.6. The van der Waals surface area contributed by atoms with Gasteiger partial charge in [0.1, 0.15) is 5.76 Å². The molecule has 1 fully saturated rings. The number of fused-ring (bicyclic) bond motifs is 1. The molecular weight excluding hydrogens is 370 g/mol. The Balaban J connectivity index is 1.35. The van der Waals surface area contributed by atoms with Crippen molar-refractivity contribution in [1.29, 1.82) is 0 Å². The van der Waals surface area contributed by atoms with Crippen LogP contribution in [0, 0.1) is 0 Å².